The number of hydrogen-bond donors (Lipinski definition) is 1. The van der Waals surface area contributed by atoms with Crippen LogP contribution in [0.2, 0.25) is 0 Å². The van der Waals surface area contributed by atoms with Crippen molar-refractivity contribution in [1.29, 1.82) is 0 Å². The fraction of sp³-hybridized carbons (Fsp3) is 0.321. The molecule has 8 heteroatoms. The van der Waals surface area contributed by atoms with Crippen LogP contribution in [-0.4, -0.2) is 47.5 Å². The molecule has 1 saturated heterocycles. The first-order valence-corrected chi connectivity index (χ1v) is 12.3. The second kappa shape index (κ2) is 10.8. The second-order valence-corrected chi connectivity index (χ2v) is 8.79. The van der Waals surface area contributed by atoms with E-state index in [1.807, 2.05) is 35.0 Å². The Kier molecular flexibility index (Phi) is 7.13. The summed E-state index contributed by atoms with van der Waals surface area (Å²) >= 11 is 0. The zero-order chi connectivity index (χ0) is 24.9. The molecule has 36 heavy (non-hydrogen) atoms. The number of hydrogen-bond acceptors (Lipinski definition) is 7. The lowest BCUT2D eigenvalue weighted by molar-refractivity contribution is 0.0526. The number of fused-ring (bicyclic) bond motifs is 1. The molecule has 186 valence electrons. The molecule has 0 radical (unpaired) electrons. The lowest BCUT2D eigenvalue weighted by atomic mass is 9.94. The largest absolute Gasteiger partial charge is 0.497 e. The van der Waals surface area contributed by atoms with E-state index in [-0.39, 0.29) is 11.9 Å². The van der Waals surface area contributed by atoms with E-state index in [0.29, 0.717) is 30.2 Å². The summed E-state index contributed by atoms with van der Waals surface area (Å²) in [7, 11) is 1.66. The van der Waals surface area contributed by atoms with E-state index in [2.05, 4.69) is 5.32 Å². The van der Waals surface area contributed by atoms with Crippen LogP contribution in [0, 0.1) is 0 Å². The monoisotopic (exact) mass is 486 g/mol. The molecule has 4 aromatic rings. The number of esters is 1. The van der Waals surface area contributed by atoms with Crippen molar-refractivity contribution in [3.05, 3.63) is 77.6 Å². The summed E-state index contributed by atoms with van der Waals surface area (Å²) in [6.45, 7) is 4.61. The highest BCUT2D eigenvalue weighted by Gasteiger charge is 2.25. The Balaban J connectivity index is 1.50. The van der Waals surface area contributed by atoms with Crippen LogP contribution >= 0.6 is 0 Å². The fourth-order valence-corrected chi connectivity index (χ4v) is 4.57. The highest BCUT2D eigenvalue weighted by Crippen LogP contribution is 2.36. The van der Waals surface area contributed by atoms with Crippen LogP contribution in [0.3, 0.4) is 0 Å². The highest BCUT2D eigenvalue weighted by atomic mass is 16.5. The number of aromatic nitrogens is 3. The number of rotatable bonds is 8. The van der Waals surface area contributed by atoms with E-state index in [0.717, 1.165) is 54.0 Å². The molecule has 2 aromatic carbocycles. The summed E-state index contributed by atoms with van der Waals surface area (Å²) < 4.78 is 18.7. The van der Waals surface area contributed by atoms with Gasteiger partial charge < -0.3 is 19.5 Å². The Bertz CT molecular complexity index is 1330. The number of piperidine rings is 1. The molecule has 5 rings (SSSR count). The van der Waals surface area contributed by atoms with E-state index in [1.165, 1.54) is 0 Å². The summed E-state index contributed by atoms with van der Waals surface area (Å²) in [4.78, 5) is 16.7. The number of pyridine rings is 1. The van der Waals surface area contributed by atoms with Crippen molar-refractivity contribution < 1.29 is 19.0 Å². The van der Waals surface area contributed by atoms with Crippen molar-refractivity contribution in [3.63, 3.8) is 0 Å². The van der Waals surface area contributed by atoms with Gasteiger partial charge in [0.2, 0.25) is 0 Å². The highest BCUT2D eigenvalue weighted by molar-refractivity contribution is 5.89. The minimum atomic E-state index is -0.345. The first-order valence-electron chi connectivity index (χ1n) is 12.3. The van der Waals surface area contributed by atoms with Gasteiger partial charge in [-0.05, 0) is 74.3 Å². The van der Waals surface area contributed by atoms with Gasteiger partial charge in [-0.3, -0.25) is 0 Å². The third-order valence-electron chi connectivity index (χ3n) is 6.39. The number of benzene rings is 2. The molecule has 1 aliphatic rings. The summed E-state index contributed by atoms with van der Waals surface area (Å²) in [5.74, 6) is 2.08. The molecule has 0 bridgehead atoms. The summed E-state index contributed by atoms with van der Waals surface area (Å²) in [5.41, 5.74) is 3.38. The fourth-order valence-electron chi connectivity index (χ4n) is 4.57. The third kappa shape index (κ3) is 5.04. The average Bonchev–Trinajstić information content (AvgIpc) is 3.29. The maximum atomic E-state index is 12.0. The van der Waals surface area contributed by atoms with Gasteiger partial charge in [-0.15, -0.1) is 0 Å². The number of nitrogens with one attached hydrogen (secondary N) is 1. The van der Waals surface area contributed by atoms with Gasteiger partial charge in [-0.1, -0.05) is 12.1 Å². The summed E-state index contributed by atoms with van der Waals surface area (Å²) in [5, 5.41) is 9.48. The van der Waals surface area contributed by atoms with E-state index in [9.17, 15) is 4.79 Å². The van der Waals surface area contributed by atoms with Crippen molar-refractivity contribution in [1.82, 2.24) is 20.1 Å². The lowest BCUT2D eigenvalue weighted by Gasteiger charge is -2.21. The maximum absolute atomic E-state index is 12.0. The van der Waals surface area contributed by atoms with Gasteiger partial charge >= 0.3 is 5.97 Å². The van der Waals surface area contributed by atoms with Gasteiger partial charge in [0.1, 0.15) is 17.2 Å². The minimum absolute atomic E-state index is 0.274. The minimum Gasteiger partial charge on any atom is -0.497 e. The third-order valence-corrected chi connectivity index (χ3v) is 6.39. The van der Waals surface area contributed by atoms with Gasteiger partial charge in [-0.2, -0.15) is 5.10 Å². The van der Waals surface area contributed by atoms with Crippen molar-refractivity contribution in [2.45, 2.75) is 32.2 Å². The molecule has 1 unspecified atom stereocenters. The van der Waals surface area contributed by atoms with Crippen LogP contribution in [-0.2, 0) is 11.3 Å². The van der Waals surface area contributed by atoms with Crippen LogP contribution < -0.4 is 14.8 Å². The first-order chi connectivity index (χ1) is 17.7. The van der Waals surface area contributed by atoms with Crippen LogP contribution in [0.1, 0.15) is 47.3 Å². The van der Waals surface area contributed by atoms with Crippen molar-refractivity contribution in [3.8, 4) is 17.2 Å². The molecule has 1 fully saturated rings. The molecule has 8 nitrogen and oxygen atoms in total. The molecule has 2 aromatic heterocycles. The first kappa shape index (κ1) is 23.8. The normalized spacial score (nSPS) is 15.6. The predicted molar refractivity (Wildman–Crippen MR) is 137 cm³/mol. The number of methoxy groups -OCH3 is 1. The summed E-state index contributed by atoms with van der Waals surface area (Å²) in [6, 6.07) is 16.9. The van der Waals surface area contributed by atoms with E-state index >= 15 is 0 Å². The quantitative estimate of drug-likeness (QED) is 0.354. The maximum Gasteiger partial charge on any atom is 0.338 e. The number of carbonyl (C=O) groups is 1. The Morgan fingerprint density at radius 2 is 1.86 bits per heavy atom. The van der Waals surface area contributed by atoms with E-state index in [1.54, 1.807) is 44.5 Å². The molecular weight excluding hydrogens is 456 g/mol. The Hall–Kier alpha value is -3.91. The molecule has 1 atom stereocenters. The predicted octanol–water partition coefficient (Wildman–Crippen LogP) is 4.92. The number of carbonyl (C=O) groups excluding carboxylic acids is 1. The number of ether oxygens (including phenoxy) is 3. The zero-order valence-electron chi connectivity index (χ0n) is 20.6. The van der Waals surface area contributed by atoms with Crippen molar-refractivity contribution >= 4 is 17.0 Å². The standard InChI is InChI=1S/C28H30N4O4/c1-3-35-28(33)20-8-12-23(13-9-20)36-24-14-16-30-27-25(24)26(21-5-4-15-29-17-21)31-32(27)18-19-6-10-22(34-2)11-7-19/h6-14,16,21,29H,3-5,15,17-18H2,1-2H3. The molecule has 0 spiro atoms. The van der Waals surface area contributed by atoms with Crippen molar-refractivity contribution in [2.75, 3.05) is 26.8 Å². The molecule has 0 saturated carbocycles. The molecule has 1 N–H and O–H groups in total. The van der Waals surface area contributed by atoms with Gasteiger partial charge in [0.05, 0.1) is 36.9 Å². The van der Waals surface area contributed by atoms with Gasteiger partial charge in [0, 0.05) is 18.7 Å². The molecule has 0 amide bonds. The second-order valence-electron chi connectivity index (χ2n) is 8.79. The van der Waals surface area contributed by atoms with E-state index < -0.39 is 0 Å². The SMILES string of the molecule is CCOC(=O)c1ccc(Oc2ccnc3c2c(C2CCCNC2)nn3Cc2ccc(OC)cc2)cc1. The Labute approximate surface area is 210 Å². The zero-order valence-corrected chi connectivity index (χ0v) is 20.6. The summed E-state index contributed by atoms with van der Waals surface area (Å²) in [6.07, 6.45) is 3.91. The Morgan fingerprint density at radius 1 is 1.08 bits per heavy atom. The topological polar surface area (TPSA) is 87.5 Å². The van der Waals surface area contributed by atoms with Gasteiger partial charge in [0.25, 0.3) is 0 Å². The molecule has 1 aliphatic heterocycles. The lowest BCUT2D eigenvalue weighted by Crippen LogP contribution is -2.28. The van der Waals surface area contributed by atoms with Crippen LogP contribution in [0.4, 0.5) is 0 Å². The molecule has 3 heterocycles. The van der Waals surface area contributed by atoms with Gasteiger partial charge in [0.15, 0.2) is 5.65 Å². The molecular formula is C28H30N4O4. The van der Waals surface area contributed by atoms with Crippen LogP contribution in [0.15, 0.2) is 60.8 Å². The van der Waals surface area contributed by atoms with Crippen molar-refractivity contribution in [2.24, 2.45) is 0 Å². The van der Waals surface area contributed by atoms with E-state index in [4.69, 9.17) is 24.3 Å². The Morgan fingerprint density at radius 3 is 2.56 bits per heavy atom. The average molecular weight is 487 g/mol. The van der Waals surface area contributed by atoms with Gasteiger partial charge in [-0.25, -0.2) is 14.5 Å². The smallest absolute Gasteiger partial charge is 0.338 e. The van der Waals surface area contributed by atoms with Crippen LogP contribution in [0.25, 0.3) is 11.0 Å². The van der Waals surface area contributed by atoms with Crippen LogP contribution in [0.5, 0.6) is 17.2 Å². The molecule has 0 aliphatic carbocycles. The number of nitrogens with zero attached hydrogens (tertiary/aromatic N) is 3.